The van der Waals surface area contributed by atoms with Crippen LogP contribution in [0.15, 0.2) is 35.3 Å². The topological polar surface area (TPSA) is 53.5 Å². The lowest BCUT2D eigenvalue weighted by Crippen LogP contribution is -2.53. The largest absolute Gasteiger partial charge is 0.341 e. The lowest BCUT2D eigenvalue weighted by Gasteiger charge is -2.39. The van der Waals surface area contributed by atoms with E-state index in [1.165, 1.54) is 12.0 Å². The molecule has 112 valence electrons. The monoisotopic (exact) mass is 285 g/mol. The molecule has 0 radical (unpaired) electrons. The molecule has 2 unspecified atom stereocenters. The minimum Gasteiger partial charge on any atom is -0.341 e. The molecule has 2 N–H and O–H groups in total. The first kappa shape index (κ1) is 14.1. The van der Waals surface area contributed by atoms with E-state index in [0.717, 1.165) is 32.2 Å². The van der Waals surface area contributed by atoms with Gasteiger partial charge in [-0.2, -0.15) is 0 Å². The number of guanidine groups is 1. The Labute approximate surface area is 126 Å². The Morgan fingerprint density at radius 2 is 2.10 bits per heavy atom. The molecular weight excluding hydrogens is 262 g/mol. The molecule has 2 atom stereocenters. The zero-order valence-electron chi connectivity index (χ0n) is 12.6. The Morgan fingerprint density at radius 1 is 1.29 bits per heavy atom. The van der Waals surface area contributed by atoms with Gasteiger partial charge < -0.3 is 5.32 Å². The molecule has 1 spiro atoms. The van der Waals surface area contributed by atoms with Crippen molar-refractivity contribution in [3.05, 3.63) is 35.9 Å². The highest BCUT2D eigenvalue weighted by molar-refractivity contribution is 6.09. The van der Waals surface area contributed by atoms with Crippen molar-refractivity contribution >= 4 is 11.9 Å². The molecule has 4 heteroatoms. The van der Waals surface area contributed by atoms with Gasteiger partial charge in [0.25, 0.3) is 5.91 Å². The minimum atomic E-state index is -0.508. The van der Waals surface area contributed by atoms with E-state index in [0.29, 0.717) is 5.96 Å². The standard InChI is InChI=1S/C17H23N3O/c1-2-12-18-16-19-15(21)17(20-16)11-7-6-10-14(17)13-8-4-3-5-9-13/h3-5,8-9,14H,2,6-7,10-12H2,1H3,(H2,18,19,20,21). The SMILES string of the molecule is CCCN=C1NC(=O)C2(CCCCC2c2ccccc2)N1. The molecular formula is C17H23N3O. The third-order valence-electron chi connectivity index (χ3n) is 4.58. The number of benzene rings is 1. The second-order valence-corrected chi connectivity index (χ2v) is 5.99. The number of nitrogens with one attached hydrogen (secondary N) is 2. The number of hydrogen-bond donors (Lipinski definition) is 2. The molecule has 0 bridgehead atoms. The Bertz CT molecular complexity index is 540. The van der Waals surface area contributed by atoms with Crippen molar-refractivity contribution in [2.75, 3.05) is 6.54 Å². The highest BCUT2D eigenvalue weighted by Crippen LogP contribution is 2.42. The van der Waals surface area contributed by atoms with E-state index in [1.54, 1.807) is 0 Å². The summed E-state index contributed by atoms with van der Waals surface area (Å²) in [4.78, 5) is 17.1. The van der Waals surface area contributed by atoms with Gasteiger partial charge >= 0.3 is 0 Å². The van der Waals surface area contributed by atoms with Gasteiger partial charge in [0.2, 0.25) is 0 Å². The average molecular weight is 285 g/mol. The van der Waals surface area contributed by atoms with Crippen LogP contribution in [-0.2, 0) is 4.79 Å². The fourth-order valence-corrected chi connectivity index (χ4v) is 3.55. The van der Waals surface area contributed by atoms with Crippen molar-refractivity contribution in [2.24, 2.45) is 4.99 Å². The van der Waals surface area contributed by atoms with Gasteiger partial charge in [-0.25, -0.2) is 0 Å². The van der Waals surface area contributed by atoms with Crippen LogP contribution in [0.25, 0.3) is 0 Å². The first-order chi connectivity index (χ1) is 10.3. The molecule has 1 saturated heterocycles. The van der Waals surface area contributed by atoms with Crippen LogP contribution in [0.5, 0.6) is 0 Å². The quantitative estimate of drug-likeness (QED) is 0.897. The summed E-state index contributed by atoms with van der Waals surface area (Å²) >= 11 is 0. The molecule has 1 aromatic carbocycles. The summed E-state index contributed by atoms with van der Waals surface area (Å²) in [6.07, 6.45) is 5.17. The van der Waals surface area contributed by atoms with Crippen LogP contribution >= 0.6 is 0 Å². The number of aliphatic imine (C=N–C) groups is 1. The van der Waals surface area contributed by atoms with Gasteiger partial charge in [-0.15, -0.1) is 0 Å². The van der Waals surface area contributed by atoms with Crippen LogP contribution in [0.2, 0.25) is 0 Å². The van der Waals surface area contributed by atoms with E-state index in [1.807, 2.05) is 6.07 Å². The van der Waals surface area contributed by atoms with E-state index in [4.69, 9.17) is 0 Å². The summed E-state index contributed by atoms with van der Waals surface area (Å²) < 4.78 is 0. The van der Waals surface area contributed by atoms with Crippen LogP contribution < -0.4 is 10.6 Å². The van der Waals surface area contributed by atoms with Crippen LogP contribution in [0, 0.1) is 0 Å². The smallest absolute Gasteiger partial charge is 0.253 e. The Hall–Kier alpha value is -1.84. The Morgan fingerprint density at radius 3 is 2.86 bits per heavy atom. The average Bonchev–Trinajstić information content (AvgIpc) is 2.83. The molecule has 3 rings (SSSR count). The predicted molar refractivity (Wildman–Crippen MR) is 84.3 cm³/mol. The van der Waals surface area contributed by atoms with Gasteiger partial charge in [0.05, 0.1) is 0 Å². The maximum absolute atomic E-state index is 12.7. The third kappa shape index (κ3) is 2.55. The number of carbonyl (C=O) groups excluding carboxylic acids is 1. The van der Waals surface area contributed by atoms with Crippen molar-refractivity contribution in [3.8, 4) is 0 Å². The van der Waals surface area contributed by atoms with Crippen molar-refractivity contribution in [2.45, 2.75) is 50.5 Å². The molecule has 1 aliphatic carbocycles. The van der Waals surface area contributed by atoms with Crippen molar-refractivity contribution in [1.82, 2.24) is 10.6 Å². The lowest BCUT2D eigenvalue weighted by atomic mass is 9.69. The van der Waals surface area contributed by atoms with Crippen molar-refractivity contribution in [1.29, 1.82) is 0 Å². The molecule has 1 aliphatic heterocycles. The molecule has 21 heavy (non-hydrogen) atoms. The molecule has 2 aliphatic rings. The summed E-state index contributed by atoms with van der Waals surface area (Å²) in [6, 6.07) is 10.4. The second kappa shape index (κ2) is 5.88. The van der Waals surface area contributed by atoms with Gasteiger partial charge in [-0.3, -0.25) is 15.1 Å². The van der Waals surface area contributed by atoms with E-state index in [2.05, 4.69) is 46.8 Å². The fraction of sp³-hybridized carbons (Fsp3) is 0.529. The van der Waals surface area contributed by atoms with Gasteiger partial charge in [-0.1, -0.05) is 50.1 Å². The van der Waals surface area contributed by atoms with Gasteiger partial charge in [0.1, 0.15) is 5.54 Å². The molecule has 1 saturated carbocycles. The number of carbonyl (C=O) groups is 1. The zero-order chi connectivity index (χ0) is 14.7. The normalized spacial score (nSPS) is 30.4. The Balaban J connectivity index is 1.92. The van der Waals surface area contributed by atoms with Gasteiger partial charge in [0, 0.05) is 12.5 Å². The molecule has 4 nitrogen and oxygen atoms in total. The second-order valence-electron chi connectivity index (χ2n) is 5.99. The lowest BCUT2D eigenvalue weighted by molar-refractivity contribution is -0.125. The van der Waals surface area contributed by atoms with Crippen LogP contribution in [0.1, 0.15) is 50.5 Å². The van der Waals surface area contributed by atoms with Crippen molar-refractivity contribution < 1.29 is 4.79 Å². The van der Waals surface area contributed by atoms with Crippen LogP contribution in [0.3, 0.4) is 0 Å². The van der Waals surface area contributed by atoms with Crippen molar-refractivity contribution in [3.63, 3.8) is 0 Å². The fourth-order valence-electron chi connectivity index (χ4n) is 3.55. The summed E-state index contributed by atoms with van der Waals surface area (Å²) in [5.74, 6) is 0.970. The minimum absolute atomic E-state index is 0.0888. The van der Waals surface area contributed by atoms with E-state index in [-0.39, 0.29) is 11.8 Å². The Kier molecular flexibility index (Phi) is 3.95. The van der Waals surface area contributed by atoms with E-state index in [9.17, 15) is 4.79 Å². The molecule has 1 heterocycles. The number of hydrogen-bond acceptors (Lipinski definition) is 2. The highest BCUT2D eigenvalue weighted by Gasteiger charge is 2.52. The van der Waals surface area contributed by atoms with Gasteiger partial charge in [-0.05, 0) is 24.8 Å². The summed E-state index contributed by atoms with van der Waals surface area (Å²) in [7, 11) is 0. The van der Waals surface area contributed by atoms with Crippen LogP contribution in [-0.4, -0.2) is 24.0 Å². The summed E-state index contributed by atoms with van der Waals surface area (Å²) in [5.41, 5.74) is 0.739. The number of rotatable bonds is 3. The molecule has 1 amide bonds. The summed E-state index contributed by atoms with van der Waals surface area (Å²) in [6.45, 7) is 2.83. The summed E-state index contributed by atoms with van der Waals surface area (Å²) in [5, 5.41) is 6.38. The first-order valence-corrected chi connectivity index (χ1v) is 7.95. The molecule has 1 aromatic rings. The first-order valence-electron chi connectivity index (χ1n) is 7.95. The highest BCUT2D eigenvalue weighted by atomic mass is 16.2. The zero-order valence-corrected chi connectivity index (χ0v) is 12.6. The third-order valence-corrected chi connectivity index (χ3v) is 4.58. The maximum Gasteiger partial charge on any atom is 0.253 e. The number of nitrogens with zero attached hydrogens (tertiary/aromatic N) is 1. The maximum atomic E-state index is 12.7. The van der Waals surface area contributed by atoms with E-state index >= 15 is 0 Å². The molecule has 2 fully saturated rings. The van der Waals surface area contributed by atoms with E-state index < -0.39 is 5.54 Å². The number of amides is 1. The van der Waals surface area contributed by atoms with Gasteiger partial charge in [0.15, 0.2) is 5.96 Å². The predicted octanol–water partition coefficient (Wildman–Crippen LogP) is 2.57. The molecule has 0 aromatic heterocycles. The van der Waals surface area contributed by atoms with Crippen LogP contribution in [0.4, 0.5) is 0 Å².